The van der Waals surface area contributed by atoms with E-state index in [1.54, 1.807) is 17.4 Å². The van der Waals surface area contributed by atoms with Gasteiger partial charge in [0.1, 0.15) is 16.5 Å². The summed E-state index contributed by atoms with van der Waals surface area (Å²) in [7, 11) is 1.47. The Balaban J connectivity index is 1.71. The van der Waals surface area contributed by atoms with Crippen molar-refractivity contribution < 1.29 is 9.13 Å². The number of halogens is 1. The normalized spacial score (nSPS) is 14.6. The zero-order valence-electron chi connectivity index (χ0n) is 14.5. The highest BCUT2D eigenvalue weighted by Gasteiger charge is 2.22. The molecule has 1 aromatic carbocycles. The Kier molecular flexibility index (Phi) is 4.07. The van der Waals surface area contributed by atoms with E-state index in [1.165, 1.54) is 30.0 Å². The fraction of sp³-hybridized carbons (Fsp3) is 0.368. The second-order valence-electron chi connectivity index (χ2n) is 6.42. The molecule has 0 radical (unpaired) electrons. The molecular formula is C19H20FN3OS. The highest BCUT2D eigenvalue weighted by Crippen LogP contribution is 2.40. The Morgan fingerprint density at radius 1 is 1.28 bits per heavy atom. The maximum Gasteiger partial charge on any atom is 0.165 e. The second-order valence-corrected chi connectivity index (χ2v) is 7.50. The highest BCUT2D eigenvalue weighted by atomic mass is 32.1. The Morgan fingerprint density at radius 2 is 2.12 bits per heavy atom. The van der Waals surface area contributed by atoms with Gasteiger partial charge in [-0.1, -0.05) is 6.07 Å². The summed E-state index contributed by atoms with van der Waals surface area (Å²) >= 11 is 1.78. The van der Waals surface area contributed by atoms with Gasteiger partial charge in [-0.05, 0) is 56.4 Å². The molecule has 0 saturated carbocycles. The first-order chi connectivity index (χ1) is 12.1. The predicted molar refractivity (Wildman–Crippen MR) is 99.2 cm³/mol. The fourth-order valence-electron chi connectivity index (χ4n) is 3.45. The highest BCUT2D eigenvalue weighted by molar-refractivity contribution is 7.19. The van der Waals surface area contributed by atoms with Gasteiger partial charge < -0.3 is 10.1 Å². The van der Waals surface area contributed by atoms with Crippen molar-refractivity contribution in [1.29, 1.82) is 0 Å². The van der Waals surface area contributed by atoms with Crippen molar-refractivity contribution >= 4 is 27.4 Å². The van der Waals surface area contributed by atoms with E-state index in [0.29, 0.717) is 0 Å². The molecule has 25 heavy (non-hydrogen) atoms. The minimum atomic E-state index is -0.353. The van der Waals surface area contributed by atoms with Crippen molar-refractivity contribution in [3.63, 3.8) is 0 Å². The van der Waals surface area contributed by atoms with E-state index in [4.69, 9.17) is 4.74 Å². The van der Waals surface area contributed by atoms with Crippen molar-refractivity contribution in [3.05, 3.63) is 45.8 Å². The quantitative estimate of drug-likeness (QED) is 0.728. The van der Waals surface area contributed by atoms with Crippen LogP contribution in [0.2, 0.25) is 0 Å². The minimum absolute atomic E-state index is 0.0742. The van der Waals surface area contributed by atoms with E-state index in [1.807, 2.05) is 19.9 Å². The predicted octanol–water partition coefficient (Wildman–Crippen LogP) is 4.81. The number of hydrogen-bond donors (Lipinski definition) is 1. The van der Waals surface area contributed by atoms with Crippen molar-refractivity contribution in [1.82, 2.24) is 9.97 Å². The van der Waals surface area contributed by atoms with Gasteiger partial charge in [0.15, 0.2) is 11.6 Å². The molecule has 2 heterocycles. The van der Waals surface area contributed by atoms with Crippen LogP contribution in [0.25, 0.3) is 10.2 Å². The largest absolute Gasteiger partial charge is 0.494 e. The number of rotatable bonds is 4. The van der Waals surface area contributed by atoms with Crippen molar-refractivity contribution in [3.8, 4) is 5.75 Å². The summed E-state index contributed by atoms with van der Waals surface area (Å²) in [5.41, 5.74) is 2.24. The summed E-state index contributed by atoms with van der Waals surface area (Å²) in [6, 6.07) is 4.98. The Morgan fingerprint density at radius 3 is 2.88 bits per heavy atom. The molecule has 0 saturated heterocycles. The van der Waals surface area contributed by atoms with E-state index in [9.17, 15) is 4.39 Å². The van der Waals surface area contributed by atoms with Gasteiger partial charge in [-0.2, -0.15) is 0 Å². The van der Waals surface area contributed by atoms with Crippen molar-refractivity contribution in [2.45, 2.75) is 39.2 Å². The number of methoxy groups -OCH3 is 1. The van der Waals surface area contributed by atoms with E-state index in [0.717, 1.165) is 40.3 Å². The Hall–Kier alpha value is -2.21. The third kappa shape index (κ3) is 2.84. The number of thiophene rings is 1. The lowest BCUT2D eigenvalue weighted by atomic mass is 10.1. The molecule has 1 atom stereocenters. The van der Waals surface area contributed by atoms with Crippen LogP contribution >= 0.6 is 11.3 Å². The topological polar surface area (TPSA) is 47.0 Å². The van der Waals surface area contributed by atoms with Crippen LogP contribution in [0.5, 0.6) is 5.75 Å². The zero-order chi connectivity index (χ0) is 17.6. The smallest absolute Gasteiger partial charge is 0.165 e. The molecule has 1 aliphatic rings. The lowest BCUT2D eigenvalue weighted by molar-refractivity contribution is 0.386. The number of fused-ring (bicyclic) bond motifs is 3. The first-order valence-electron chi connectivity index (χ1n) is 8.45. The molecule has 2 aromatic heterocycles. The molecule has 0 unspecified atom stereocenters. The average Bonchev–Trinajstić information content (AvgIpc) is 3.14. The van der Waals surface area contributed by atoms with Gasteiger partial charge in [0.25, 0.3) is 0 Å². The maximum absolute atomic E-state index is 14.0. The Bertz CT molecular complexity index is 953. The number of aryl methyl sites for hydroxylation is 3. The van der Waals surface area contributed by atoms with E-state index in [-0.39, 0.29) is 17.6 Å². The fourth-order valence-corrected chi connectivity index (χ4v) is 4.75. The average molecular weight is 357 g/mol. The molecule has 6 heteroatoms. The number of anilines is 1. The van der Waals surface area contributed by atoms with E-state index >= 15 is 0 Å². The number of benzene rings is 1. The molecule has 1 aliphatic carbocycles. The number of nitrogens with one attached hydrogen (secondary N) is 1. The second kappa shape index (κ2) is 6.26. The standard InChI is InChI=1S/C19H20FN3OS/c1-10(12-7-8-15(24-3)14(20)9-12)21-18-17-13-5-4-6-16(13)25-19(17)23-11(2)22-18/h7-10H,4-6H2,1-3H3,(H,21,22,23)/t10-/m0/s1. The van der Waals surface area contributed by atoms with Crippen LogP contribution in [0.4, 0.5) is 10.2 Å². The molecule has 0 bridgehead atoms. The molecule has 0 aliphatic heterocycles. The first kappa shape index (κ1) is 16.3. The number of hydrogen-bond acceptors (Lipinski definition) is 5. The molecule has 0 amide bonds. The molecule has 4 nitrogen and oxygen atoms in total. The first-order valence-corrected chi connectivity index (χ1v) is 9.27. The molecule has 3 aromatic rings. The van der Waals surface area contributed by atoms with Crippen molar-refractivity contribution in [2.75, 3.05) is 12.4 Å². The third-order valence-electron chi connectivity index (χ3n) is 4.71. The van der Waals surface area contributed by atoms with Crippen molar-refractivity contribution in [2.24, 2.45) is 0 Å². The van der Waals surface area contributed by atoms with Crippen LogP contribution in [-0.4, -0.2) is 17.1 Å². The van der Waals surface area contributed by atoms with E-state index < -0.39 is 0 Å². The SMILES string of the molecule is COc1ccc([C@H](C)Nc2nc(C)nc3sc4c(c23)CCC4)cc1F. The summed E-state index contributed by atoms with van der Waals surface area (Å²) in [5, 5.41) is 4.61. The van der Waals surface area contributed by atoms with Crippen LogP contribution in [0, 0.1) is 12.7 Å². The molecule has 0 spiro atoms. The molecular weight excluding hydrogens is 337 g/mol. The van der Waals surface area contributed by atoms with Gasteiger partial charge in [0.05, 0.1) is 18.5 Å². The molecule has 1 N–H and O–H groups in total. The van der Waals surface area contributed by atoms with Gasteiger partial charge in [-0.3, -0.25) is 0 Å². The summed E-state index contributed by atoms with van der Waals surface area (Å²) in [4.78, 5) is 11.7. The third-order valence-corrected chi connectivity index (χ3v) is 5.89. The summed E-state index contributed by atoms with van der Waals surface area (Å²) in [6.07, 6.45) is 3.42. The zero-order valence-corrected chi connectivity index (χ0v) is 15.3. The molecule has 0 fully saturated rings. The van der Waals surface area contributed by atoms with Gasteiger partial charge in [0.2, 0.25) is 0 Å². The van der Waals surface area contributed by atoms with E-state index in [2.05, 4.69) is 15.3 Å². The van der Waals surface area contributed by atoms with Gasteiger partial charge in [-0.25, -0.2) is 14.4 Å². The summed E-state index contributed by atoms with van der Waals surface area (Å²) in [6.45, 7) is 3.92. The summed E-state index contributed by atoms with van der Waals surface area (Å²) in [5.74, 6) is 1.51. The lowest BCUT2D eigenvalue weighted by Gasteiger charge is -2.17. The maximum atomic E-state index is 14.0. The van der Waals surface area contributed by atoms with Crippen LogP contribution < -0.4 is 10.1 Å². The van der Waals surface area contributed by atoms with Gasteiger partial charge in [-0.15, -0.1) is 11.3 Å². The molecule has 130 valence electrons. The summed E-state index contributed by atoms with van der Waals surface area (Å²) < 4.78 is 19.0. The Labute approximate surface area is 150 Å². The lowest BCUT2D eigenvalue weighted by Crippen LogP contribution is -2.10. The number of nitrogens with zero attached hydrogens (tertiary/aromatic N) is 2. The van der Waals surface area contributed by atoms with Crippen LogP contribution in [0.3, 0.4) is 0 Å². The van der Waals surface area contributed by atoms with Crippen LogP contribution in [-0.2, 0) is 12.8 Å². The number of ether oxygens (including phenoxy) is 1. The van der Waals surface area contributed by atoms with Gasteiger partial charge >= 0.3 is 0 Å². The van der Waals surface area contributed by atoms with Crippen LogP contribution in [0.1, 0.15) is 41.2 Å². The monoisotopic (exact) mass is 357 g/mol. The van der Waals surface area contributed by atoms with Gasteiger partial charge in [0, 0.05) is 4.88 Å². The van der Waals surface area contributed by atoms with Crippen LogP contribution in [0.15, 0.2) is 18.2 Å². The number of aromatic nitrogens is 2. The minimum Gasteiger partial charge on any atom is -0.494 e. The molecule has 4 rings (SSSR count).